The highest BCUT2D eigenvalue weighted by molar-refractivity contribution is 5.56. The molecule has 1 aliphatic rings. The summed E-state index contributed by atoms with van der Waals surface area (Å²) in [6, 6.07) is 15.7. The van der Waals surface area contributed by atoms with Crippen LogP contribution >= 0.6 is 0 Å². The Morgan fingerprint density at radius 3 is 2.35 bits per heavy atom. The van der Waals surface area contributed by atoms with Crippen LogP contribution in [0.1, 0.15) is 69.5 Å². The maximum atomic E-state index is 13.8. The molecule has 4 rings (SSSR count). The van der Waals surface area contributed by atoms with Crippen LogP contribution in [0.25, 0.3) is 17.5 Å². The first-order chi connectivity index (χ1) is 16.2. The van der Waals surface area contributed by atoms with Crippen molar-refractivity contribution in [2.75, 3.05) is 14.1 Å². The normalized spacial score (nSPS) is 20.2. The molecule has 1 fully saturated rings. The quantitative estimate of drug-likeness (QED) is 0.386. The van der Waals surface area contributed by atoms with Gasteiger partial charge in [0.15, 0.2) is 0 Å². The number of hydrogen-bond donors (Lipinski definition) is 0. The molecule has 0 bridgehead atoms. The summed E-state index contributed by atoms with van der Waals surface area (Å²) in [5, 5.41) is 4.16. The van der Waals surface area contributed by atoms with Gasteiger partial charge in [0.1, 0.15) is 5.82 Å². The molecule has 4 nitrogen and oxygen atoms in total. The second kappa shape index (κ2) is 10.2. The number of rotatable bonds is 6. The van der Waals surface area contributed by atoms with Gasteiger partial charge >= 0.3 is 0 Å². The largest absolute Gasteiger partial charge is 0.334 e. The molecule has 1 saturated carbocycles. The van der Waals surface area contributed by atoms with E-state index in [4.69, 9.17) is 4.52 Å². The predicted octanol–water partition coefficient (Wildman–Crippen LogP) is 7.30. The highest BCUT2D eigenvalue weighted by Gasteiger charge is 2.29. The van der Waals surface area contributed by atoms with E-state index in [0.29, 0.717) is 23.6 Å². The summed E-state index contributed by atoms with van der Waals surface area (Å²) in [5.41, 5.74) is 3.43. The molecule has 34 heavy (non-hydrogen) atoms. The number of hydrogen-bond acceptors (Lipinski definition) is 4. The number of nitrogens with zero attached hydrogens (tertiary/aromatic N) is 3. The monoisotopic (exact) mass is 461 g/mol. The summed E-state index contributed by atoms with van der Waals surface area (Å²) in [7, 11) is 4.18. The summed E-state index contributed by atoms with van der Waals surface area (Å²) in [4.78, 5) is 6.79. The lowest BCUT2D eigenvalue weighted by Gasteiger charge is -2.37. The Bertz CT molecular complexity index is 1100. The molecule has 1 aromatic heterocycles. The molecule has 0 saturated heterocycles. The van der Waals surface area contributed by atoms with Gasteiger partial charge in [-0.2, -0.15) is 4.98 Å². The highest BCUT2D eigenvalue weighted by Crippen LogP contribution is 2.40. The summed E-state index contributed by atoms with van der Waals surface area (Å²) in [5.74, 6) is 2.02. The van der Waals surface area contributed by atoms with Crippen molar-refractivity contribution in [3.05, 3.63) is 77.4 Å². The van der Waals surface area contributed by atoms with E-state index in [-0.39, 0.29) is 17.3 Å². The fourth-order valence-electron chi connectivity index (χ4n) is 5.09. The van der Waals surface area contributed by atoms with E-state index in [1.54, 1.807) is 6.07 Å². The third-order valence-electron chi connectivity index (χ3n) is 6.97. The highest BCUT2D eigenvalue weighted by atomic mass is 19.1. The van der Waals surface area contributed by atoms with E-state index in [1.165, 1.54) is 11.6 Å². The topological polar surface area (TPSA) is 42.2 Å². The van der Waals surface area contributed by atoms with Gasteiger partial charge < -0.3 is 9.42 Å². The standard InChI is InChI=1S/C29H36FN3O/c1-29(2,3)24-16-14-22(15-17-24)28-31-26(34-32-28)18-11-20-9-12-21(13-10-20)27(33(4)5)23-7-6-8-25(30)19-23/h6-8,11,14-21,27H,9-10,12-13H2,1-5H3/b18-11+. The Kier molecular flexibility index (Phi) is 7.32. The minimum Gasteiger partial charge on any atom is -0.334 e. The molecule has 1 atom stereocenters. The Hall–Kier alpha value is -2.79. The van der Waals surface area contributed by atoms with E-state index >= 15 is 0 Å². The molecule has 0 radical (unpaired) electrons. The Labute approximate surface area is 202 Å². The molecule has 0 amide bonds. The van der Waals surface area contributed by atoms with Crippen molar-refractivity contribution in [3.63, 3.8) is 0 Å². The summed E-state index contributed by atoms with van der Waals surface area (Å²) in [6.45, 7) is 6.61. The molecule has 1 unspecified atom stereocenters. The third kappa shape index (κ3) is 5.82. The maximum Gasteiger partial charge on any atom is 0.250 e. The number of allylic oxidation sites excluding steroid dienone is 1. The Morgan fingerprint density at radius 2 is 1.74 bits per heavy atom. The van der Waals surface area contributed by atoms with Crippen molar-refractivity contribution in [1.29, 1.82) is 0 Å². The van der Waals surface area contributed by atoms with Crippen molar-refractivity contribution in [2.24, 2.45) is 11.8 Å². The van der Waals surface area contributed by atoms with Gasteiger partial charge in [-0.05, 0) is 86.4 Å². The second-order valence-corrected chi connectivity index (χ2v) is 10.8. The first-order valence-electron chi connectivity index (χ1n) is 12.3. The lowest BCUT2D eigenvalue weighted by Crippen LogP contribution is -2.30. The fourth-order valence-corrected chi connectivity index (χ4v) is 5.09. The predicted molar refractivity (Wildman–Crippen MR) is 136 cm³/mol. The lowest BCUT2D eigenvalue weighted by atomic mass is 9.76. The fraction of sp³-hybridized carbons (Fsp3) is 0.448. The molecular weight excluding hydrogens is 425 g/mol. The summed E-state index contributed by atoms with van der Waals surface area (Å²) < 4.78 is 19.3. The number of benzene rings is 2. The zero-order chi connectivity index (χ0) is 24.3. The van der Waals surface area contributed by atoms with Crippen LogP contribution in [0.5, 0.6) is 0 Å². The lowest BCUT2D eigenvalue weighted by molar-refractivity contribution is 0.159. The van der Waals surface area contributed by atoms with E-state index in [9.17, 15) is 4.39 Å². The van der Waals surface area contributed by atoms with Crippen LogP contribution in [0, 0.1) is 17.7 Å². The molecule has 2 aromatic carbocycles. The molecule has 180 valence electrons. The van der Waals surface area contributed by atoms with E-state index in [2.05, 4.69) is 80.2 Å². The van der Waals surface area contributed by atoms with Crippen LogP contribution in [-0.2, 0) is 5.41 Å². The van der Waals surface area contributed by atoms with Crippen molar-refractivity contribution in [3.8, 4) is 11.4 Å². The zero-order valence-electron chi connectivity index (χ0n) is 21.0. The minimum absolute atomic E-state index is 0.118. The second-order valence-electron chi connectivity index (χ2n) is 10.8. The molecule has 0 spiro atoms. The molecule has 1 aliphatic carbocycles. The van der Waals surface area contributed by atoms with Gasteiger partial charge in [0.2, 0.25) is 5.82 Å². The van der Waals surface area contributed by atoms with Gasteiger partial charge in [0.05, 0.1) is 0 Å². The molecule has 5 heteroatoms. The van der Waals surface area contributed by atoms with Crippen molar-refractivity contribution in [1.82, 2.24) is 15.0 Å². The Balaban J connectivity index is 1.36. The van der Waals surface area contributed by atoms with Gasteiger partial charge in [-0.25, -0.2) is 4.39 Å². The first kappa shape index (κ1) is 24.3. The van der Waals surface area contributed by atoms with Gasteiger partial charge in [0.25, 0.3) is 5.89 Å². The number of aromatic nitrogens is 2. The average Bonchev–Trinajstić information content (AvgIpc) is 3.27. The molecular formula is C29H36FN3O. The SMILES string of the molecule is CN(C)C(c1cccc(F)c1)C1CCC(/C=C/c2nc(-c3ccc(C(C)(C)C)cc3)no2)CC1. The molecule has 0 N–H and O–H groups in total. The van der Waals surface area contributed by atoms with Crippen molar-refractivity contribution < 1.29 is 8.91 Å². The van der Waals surface area contributed by atoms with Gasteiger partial charge in [-0.3, -0.25) is 0 Å². The summed E-state index contributed by atoms with van der Waals surface area (Å²) >= 11 is 0. The maximum absolute atomic E-state index is 13.8. The Morgan fingerprint density at radius 1 is 1.03 bits per heavy atom. The van der Waals surface area contributed by atoms with Crippen LogP contribution in [0.2, 0.25) is 0 Å². The first-order valence-corrected chi connectivity index (χ1v) is 12.3. The van der Waals surface area contributed by atoms with Crippen LogP contribution in [0.4, 0.5) is 4.39 Å². The smallest absolute Gasteiger partial charge is 0.250 e. The molecule has 3 aromatic rings. The molecule has 1 heterocycles. The van der Waals surface area contributed by atoms with Crippen LogP contribution < -0.4 is 0 Å². The molecule has 0 aliphatic heterocycles. The number of halogens is 1. The van der Waals surface area contributed by atoms with Crippen LogP contribution in [0.15, 0.2) is 59.1 Å². The van der Waals surface area contributed by atoms with Crippen molar-refractivity contribution >= 4 is 6.08 Å². The average molecular weight is 462 g/mol. The van der Waals surface area contributed by atoms with E-state index in [1.807, 2.05) is 18.2 Å². The zero-order valence-corrected chi connectivity index (χ0v) is 21.0. The van der Waals surface area contributed by atoms with Crippen LogP contribution in [-0.4, -0.2) is 29.1 Å². The minimum atomic E-state index is -0.162. The van der Waals surface area contributed by atoms with Gasteiger partial charge in [0, 0.05) is 11.6 Å². The third-order valence-corrected chi connectivity index (χ3v) is 6.97. The van der Waals surface area contributed by atoms with Crippen molar-refractivity contribution in [2.45, 2.75) is 57.9 Å². The van der Waals surface area contributed by atoms with Gasteiger partial charge in [-0.1, -0.05) is 68.4 Å². The van der Waals surface area contributed by atoms with E-state index < -0.39 is 0 Å². The van der Waals surface area contributed by atoms with E-state index in [0.717, 1.165) is 36.8 Å². The van der Waals surface area contributed by atoms with Crippen LogP contribution in [0.3, 0.4) is 0 Å². The summed E-state index contributed by atoms with van der Waals surface area (Å²) in [6.07, 6.45) is 8.61. The van der Waals surface area contributed by atoms with Gasteiger partial charge in [-0.15, -0.1) is 0 Å².